The highest BCUT2D eigenvalue weighted by Crippen LogP contribution is 2.31. The van der Waals surface area contributed by atoms with Crippen LogP contribution >= 0.6 is 0 Å². The van der Waals surface area contributed by atoms with Gasteiger partial charge in [0, 0.05) is 0 Å². The van der Waals surface area contributed by atoms with Gasteiger partial charge in [0.15, 0.2) is 0 Å². The van der Waals surface area contributed by atoms with Crippen LogP contribution in [0.2, 0.25) is 0 Å². The lowest BCUT2D eigenvalue weighted by Gasteiger charge is -2.24. The molecule has 3 aromatic rings. The van der Waals surface area contributed by atoms with Crippen LogP contribution in [-0.2, 0) is 31.1 Å². The first-order chi connectivity index (χ1) is 13.5. The van der Waals surface area contributed by atoms with Crippen molar-refractivity contribution in [1.29, 1.82) is 0 Å². The maximum Gasteiger partial charge on any atom is -0.0132 e. The van der Waals surface area contributed by atoms with E-state index in [1.165, 1.54) is 38.9 Å². The maximum atomic E-state index is 2.46. The molecular formula is C28H30. The van der Waals surface area contributed by atoms with Crippen LogP contribution in [0.4, 0.5) is 0 Å². The van der Waals surface area contributed by atoms with E-state index < -0.39 is 0 Å². The van der Waals surface area contributed by atoms with E-state index >= 15 is 0 Å². The van der Waals surface area contributed by atoms with Crippen molar-refractivity contribution in [1.82, 2.24) is 0 Å². The Labute approximate surface area is 169 Å². The zero-order valence-electron chi connectivity index (χ0n) is 17.3. The van der Waals surface area contributed by atoms with E-state index in [4.69, 9.17) is 0 Å². The predicted octanol–water partition coefficient (Wildman–Crippen LogP) is 7.04. The molecule has 142 valence electrons. The van der Waals surface area contributed by atoms with E-state index in [1.54, 1.807) is 0 Å². The summed E-state index contributed by atoms with van der Waals surface area (Å²) in [7, 11) is 0. The summed E-state index contributed by atoms with van der Waals surface area (Å²) in [6.45, 7) is 6.97. The van der Waals surface area contributed by atoms with Gasteiger partial charge in [0.1, 0.15) is 0 Å². The molecular weight excluding hydrogens is 336 g/mol. The smallest absolute Gasteiger partial charge is 0.0132 e. The molecule has 0 nitrogen and oxygen atoms in total. The quantitative estimate of drug-likeness (QED) is 0.427. The number of rotatable bonds is 2. The number of benzene rings is 3. The minimum atomic E-state index is 0.170. The first kappa shape index (κ1) is 18.7. The lowest BCUT2D eigenvalue weighted by Crippen LogP contribution is -2.14. The van der Waals surface area contributed by atoms with Crippen molar-refractivity contribution in [2.24, 2.45) is 0 Å². The van der Waals surface area contributed by atoms with Gasteiger partial charge < -0.3 is 0 Å². The molecule has 3 aromatic carbocycles. The second kappa shape index (κ2) is 7.80. The molecule has 0 heteroatoms. The number of hydrogen-bond donors (Lipinski definition) is 0. The Hall–Kier alpha value is -2.60. The summed E-state index contributed by atoms with van der Waals surface area (Å²) in [5, 5.41) is 0. The monoisotopic (exact) mass is 366 g/mol. The van der Waals surface area contributed by atoms with Crippen LogP contribution in [0.25, 0.3) is 12.2 Å². The third-order valence-electron chi connectivity index (χ3n) is 5.82. The molecule has 0 aromatic heterocycles. The molecule has 0 aliphatic heterocycles. The Bertz CT molecular complexity index is 940. The van der Waals surface area contributed by atoms with Crippen molar-refractivity contribution in [2.45, 2.75) is 51.9 Å². The fourth-order valence-electron chi connectivity index (χ4n) is 4.08. The van der Waals surface area contributed by atoms with Crippen LogP contribution in [0, 0.1) is 0 Å². The molecule has 0 N–H and O–H groups in total. The van der Waals surface area contributed by atoms with Crippen molar-refractivity contribution in [3.05, 3.63) is 106 Å². The van der Waals surface area contributed by atoms with Crippen molar-refractivity contribution in [2.75, 3.05) is 0 Å². The van der Waals surface area contributed by atoms with Gasteiger partial charge in [-0.15, -0.1) is 0 Å². The molecule has 4 rings (SSSR count). The molecule has 0 saturated heterocycles. The van der Waals surface area contributed by atoms with E-state index in [0.29, 0.717) is 0 Å². The molecule has 0 spiro atoms. The van der Waals surface area contributed by atoms with Gasteiger partial charge in [-0.05, 0) is 70.0 Å². The van der Waals surface area contributed by atoms with Gasteiger partial charge in [-0.1, -0.05) is 99.7 Å². The Morgan fingerprint density at radius 2 is 1.25 bits per heavy atom. The van der Waals surface area contributed by atoms with Crippen LogP contribution in [0.3, 0.4) is 0 Å². The van der Waals surface area contributed by atoms with Crippen LogP contribution in [0.1, 0.15) is 59.7 Å². The van der Waals surface area contributed by atoms with Gasteiger partial charge in [0.05, 0.1) is 0 Å². The van der Waals surface area contributed by atoms with E-state index in [1.807, 2.05) is 0 Å². The predicted molar refractivity (Wildman–Crippen MR) is 122 cm³/mol. The molecule has 0 amide bonds. The summed E-state index contributed by atoms with van der Waals surface area (Å²) in [6, 6.07) is 24.7. The van der Waals surface area contributed by atoms with Crippen molar-refractivity contribution < 1.29 is 0 Å². The normalized spacial score (nSPS) is 14.2. The highest BCUT2D eigenvalue weighted by atomic mass is 14.2. The summed E-state index contributed by atoms with van der Waals surface area (Å²) in [4.78, 5) is 0. The van der Waals surface area contributed by atoms with Gasteiger partial charge in [-0.25, -0.2) is 0 Å². The minimum Gasteiger partial charge on any atom is -0.0622 e. The zero-order valence-corrected chi connectivity index (χ0v) is 17.3. The second-order valence-corrected chi connectivity index (χ2v) is 9.02. The lowest BCUT2D eigenvalue weighted by molar-refractivity contribution is 0.588. The highest BCUT2D eigenvalue weighted by Gasteiger charge is 2.19. The molecule has 0 saturated carbocycles. The highest BCUT2D eigenvalue weighted by molar-refractivity contribution is 5.73. The molecule has 0 fully saturated rings. The third-order valence-corrected chi connectivity index (χ3v) is 5.82. The molecule has 4 bridgehead atoms. The van der Waals surface area contributed by atoms with Crippen LogP contribution in [0.5, 0.6) is 0 Å². The fraction of sp³-hybridized carbons (Fsp3) is 0.286. The van der Waals surface area contributed by atoms with Gasteiger partial charge in [-0.3, -0.25) is 0 Å². The lowest BCUT2D eigenvalue weighted by atomic mass is 9.81. The summed E-state index contributed by atoms with van der Waals surface area (Å²) < 4.78 is 0. The van der Waals surface area contributed by atoms with Gasteiger partial charge in [-0.2, -0.15) is 0 Å². The van der Waals surface area contributed by atoms with Crippen molar-refractivity contribution in [3.8, 4) is 0 Å². The molecule has 1 aliphatic carbocycles. The number of aryl methyl sites for hydroxylation is 4. The standard InChI is InChI=1S/C28H30/c1-28(2,3)26-19-24-15-12-22-10-7-11-23(18-22)13-16-25(20-26)27(24)17-14-21-8-5-4-6-9-21/h4-11,14,17-20H,12-13,15-16H2,1-3H3/b17-14-. The number of hydrogen-bond acceptors (Lipinski definition) is 0. The van der Waals surface area contributed by atoms with E-state index in [-0.39, 0.29) is 5.41 Å². The van der Waals surface area contributed by atoms with Gasteiger partial charge >= 0.3 is 0 Å². The Kier molecular flexibility index (Phi) is 5.22. The molecule has 0 radical (unpaired) electrons. The van der Waals surface area contributed by atoms with Gasteiger partial charge in [0.2, 0.25) is 0 Å². The molecule has 0 atom stereocenters. The largest absolute Gasteiger partial charge is 0.0622 e. The average Bonchev–Trinajstić information content (AvgIpc) is 2.69. The summed E-state index contributed by atoms with van der Waals surface area (Å²) in [6.07, 6.45) is 9.01. The first-order valence-electron chi connectivity index (χ1n) is 10.5. The summed E-state index contributed by atoms with van der Waals surface area (Å²) in [5.41, 5.74) is 10.2. The van der Waals surface area contributed by atoms with E-state index in [0.717, 1.165) is 25.7 Å². The van der Waals surface area contributed by atoms with Gasteiger partial charge in [0.25, 0.3) is 0 Å². The van der Waals surface area contributed by atoms with Crippen LogP contribution in [0.15, 0.2) is 66.7 Å². The van der Waals surface area contributed by atoms with Crippen molar-refractivity contribution >= 4 is 12.2 Å². The average molecular weight is 367 g/mol. The van der Waals surface area contributed by atoms with E-state index in [9.17, 15) is 0 Å². The SMILES string of the molecule is CC(C)(C)c1cc2c(/C=C\c3ccccc3)c(c1)CCc1cccc(c1)CC2. The maximum absolute atomic E-state index is 2.46. The second-order valence-electron chi connectivity index (χ2n) is 9.02. The molecule has 0 unspecified atom stereocenters. The number of fused-ring (bicyclic) bond motifs is 4. The topological polar surface area (TPSA) is 0 Å². The third kappa shape index (κ3) is 4.28. The Morgan fingerprint density at radius 3 is 1.82 bits per heavy atom. The Morgan fingerprint density at radius 1 is 0.643 bits per heavy atom. The van der Waals surface area contributed by atoms with Crippen LogP contribution < -0.4 is 0 Å². The summed E-state index contributed by atoms with van der Waals surface area (Å²) in [5.74, 6) is 0. The Balaban J connectivity index is 1.80. The fourth-order valence-corrected chi connectivity index (χ4v) is 4.08. The molecule has 1 aliphatic rings. The molecule has 28 heavy (non-hydrogen) atoms. The van der Waals surface area contributed by atoms with E-state index in [2.05, 4.69) is 99.7 Å². The summed E-state index contributed by atoms with van der Waals surface area (Å²) >= 11 is 0. The van der Waals surface area contributed by atoms with Crippen LogP contribution in [-0.4, -0.2) is 0 Å². The molecule has 0 heterocycles. The first-order valence-corrected chi connectivity index (χ1v) is 10.5. The minimum absolute atomic E-state index is 0.170. The van der Waals surface area contributed by atoms with Crippen molar-refractivity contribution in [3.63, 3.8) is 0 Å². The zero-order chi connectivity index (χ0) is 19.6.